The van der Waals surface area contributed by atoms with Crippen molar-refractivity contribution >= 4 is 5.91 Å². The van der Waals surface area contributed by atoms with Crippen LogP contribution in [0.3, 0.4) is 0 Å². The van der Waals surface area contributed by atoms with E-state index in [2.05, 4.69) is 10.3 Å². The van der Waals surface area contributed by atoms with Gasteiger partial charge in [-0.3, -0.25) is 9.78 Å². The summed E-state index contributed by atoms with van der Waals surface area (Å²) in [5, 5.41) is 14.1. The second kappa shape index (κ2) is 9.37. The molecule has 0 bridgehead atoms. The summed E-state index contributed by atoms with van der Waals surface area (Å²) in [6.07, 6.45) is 2.72. The molecular weight excluding hydrogens is 384 g/mol. The topological polar surface area (TPSA) is 62.2 Å². The van der Waals surface area contributed by atoms with Crippen LogP contribution < -0.4 is 5.32 Å². The maximum Gasteiger partial charge on any atom is 0.251 e. The Labute approximate surface area is 182 Å². The van der Waals surface area contributed by atoms with Crippen molar-refractivity contribution in [3.63, 3.8) is 0 Å². The number of benzene rings is 3. The van der Waals surface area contributed by atoms with E-state index in [1.54, 1.807) is 6.20 Å². The van der Waals surface area contributed by atoms with Gasteiger partial charge in [0.05, 0.1) is 6.04 Å². The van der Waals surface area contributed by atoms with Crippen LogP contribution in [0.5, 0.6) is 0 Å². The molecule has 0 spiro atoms. The van der Waals surface area contributed by atoms with Crippen molar-refractivity contribution in [1.82, 2.24) is 10.3 Å². The molecule has 4 aromatic rings. The van der Waals surface area contributed by atoms with Crippen LogP contribution in [-0.2, 0) is 0 Å². The van der Waals surface area contributed by atoms with Crippen LogP contribution in [0.15, 0.2) is 103 Å². The molecule has 1 amide bonds. The van der Waals surface area contributed by atoms with Crippen LogP contribution in [0.4, 0.5) is 0 Å². The second-order valence-electron chi connectivity index (χ2n) is 7.49. The lowest BCUT2D eigenvalue weighted by molar-refractivity contribution is 0.0831. The molecule has 154 valence electrons. The molecule has 1 aromatic heterocycles. The SMILES string of the molecule is Cc1cnccc1-c1ccc(C(=O)N[C@@H](c2ccccc2)[C@@H](O)c2ccccc2)cc1. The fourth-order valence-electron chi connectivity index (χ4n) is 3.67. The Balaban J connectivity index is 1.58. The van der Waals surface area contributed by atoms with E-state index in [1.807, 2.05) is 104 Å². The number of nitrogens with one attached hydrogen (secondary N) is 1. The molecule has 4 nitrogen and oxygen atoms in total. The Morgan fingerprint density at radius 1 is 0.839 bits per heavy atom. The maximum atomic E-state index is 13.0. The fourth-order valence-corrected chi connectivity index (χ4v) is 3.67. The van der Waals surface area contributed by atoms with Crippen LogP contribution in [0.25, 0.3) is 11.1 Å². The number of aliphatic hydroxyl groups is 1. The van der Waals surface area contributed by atoms with E-state index < -0.39 is 12.1 Å². The van der Waals surface area contributed by atoms with Crippen LogP contribution >= 0.6 is 0 Å². The molecule has 0 unspecified atom stereocenters. The number of carbonyl (C=O) groups excluding carboxylic acids is 1. The predicted octanol–water partition coefficient (Wildman–Crippen LogP) is 5.26. The normalized spacial score (nSPS) is 12.7. The Bertz CT molecular complexity index is 1140. The number of aryl methyl sites for hydroxylation is 1. The van der Waals surface area contributed by atoms with Crippen LogP contribution in [-0.4, -0.2) is 16.0 Å². The summed E-state index contributed by atoms with van der Waals surface area (Å²) in [4.78, 5) is 17.2. The average Bonchev–Trinajstić information content (AvgIpc) is 2.83. The molecule has 0 aliphatic heterocycles. The Kier molecular flexibility index (Phi) is 6.20. The molecular formula is C27H24N2O2. The number of carbonyl (C=O) groups is 1. The fraction of sp³-hybridized carbons (Fsp3) is 0.111. The minimum Gasteiger partial charge on any atom is -0.386 e. The van der Waals surface area contributed by atoms with Gasteiger partial charge in [-0.25, -0.2) is 0 Å². The smallest absolute Gasteiger partial charge is 0.251 e. The highest BCUT2D eigenvalue weighted by atomic mass is 16.3. The van der Waals surface area contributed by atoms with Gasteiger partial charge in [-0.05, 0) is 52.9 Å². The van der Waals surface area contributed by atoms with E-state index >= 15 is 0 Å². The van der Waals surface area contributed by atoms with Crippen molar-refractivity contribution in [2.45, 2.75) is 19.1 Å². The standard InChI is InChI=1S/C27H24N2O2/c1-19-18-28-17-16-24(19)20-12-14-23(15-13-20)27(31)29-25(21-8-4-2-5-9-21)26(30)22-10-6-3-7-11-22/h2-18,25-26,30H,1H3,(H,29,31)/t25-,26-/m0/s1. The van der Waals surface area contributed by atoms with Crippen molar-refractivity contribution < 1.29 is 9.90 Å². The second-order valence-corrected chi connectivity index (χ2v) is 7.49. The van der Waals surface area contributed by atoms with Gasteiger partial charge >= 0.3 is 0 Å². The molecule has 0 aliphatic carbocycles. The van der Waals surface area contributed by atoms with Crippen LogP contribution in [0, 0.1) is 6.92 Å². The highest BCUT2D eigenvalue weighted by Gasteiger charge is 2.25. The first-order valence-electron chi connectivity index (χ1n) is 10.2. The number of aliphatic hydroxyl groups excluding tert-OH is 1. The molecule has 3 aromatic carbocycles. The summed E-state index contributed by atoms with van der Waals surface area (Å²) < 4.78 is 0. The highest BCUT2D eigenvalue weighted by Crippen LogP contribution is 2.29. The van der Waals surface area contributed by atoms with Gasteiger partial charge in [-0.2, -0.15) is 0 Å². The van der Waals surface area contributed by atoms with E-state index in [9.17, 15) is 9.90 Å². The Morgan fingerprint density at radius 3 is 2.06 bits per heavy atom. The predicted molar refractivity (Wildman–Crippen MR) is 122 cm³/mol. The summed E-state index contributed by atoms with van der Waals surface area (Å²) in [5.41, 5.74) is 5.33. The van der Waals surface area contributed by atoms with Crippen LogP contribution in [0.1, 0.15) is 39.2 Å². The molecule has 0 saturated heterocycles. The van der Waals surface area contributed by atoms with Crippen molar-refractivity contribution in [1.29, 1.82) is 0 Å². The zero-order chi connectivity index (χ0) is 21.6. The summed E-state index contributed by atoms with van der Waals surface area (Å²) in [6.45, 7) is 2.01. The first kappa shape index (κ1) is 20.5. The average molecular weight is 409 g/mol. The van der Waals surface area contributed by atoms with E-state index in [0.29, 0.717) is 5.56 Å². The number of aromatic nitrogens is 1. The largest absolute Gasteiger partial charge is 0.386 e. The van der Waals surface area contributed by atoms with E-state index in [4.69, 9.17) is 0 Å². The summed E-state index contributed by atoms with van der Waals surface area (Å²) in [7, 11) is 0. The molecule has 31 heavy (non-hydrogen) atoms. The van der Waals surface area contributed by atoms with Gasteiger partial charge in [-0.15, -0.1) is 0 Å². The van der Waals surface area contributed by atoms with Gasteiger partial charge < -0.3 is 10.4 Å². The van der Waals surface area contributed by atoms with Crippen molar-refractivity contribution in [3.8, 4) is 11.1 Å². The van der Waals surface area contributed by atoms with Crippen molar-refractivity contribution in [2.75, 3.05) is 0 Å². The third-order valence-electron chi connectivity index (χ3n) is 5.38. The summed E-state index contributed by atoms with van der Waals surface area (Å²) >= 11 is 0. The maximum absolute atomic E-state index is 13.0. The number of hydrogen-bond acceptors (Lipinski definition) is 3. The van der Waals surface area contributed by atoms with Gasteiger partial charge in [0.15, 0.2) is 0 Å². The van der Waals surface area contributed by atoms with Gasteiger partial charge in [0, 0.05) is 18.0 Å². The summed E-state index contributed by atoms with van der Waals surface area (Å²) in [6, 6.07) is 27.8. The molecule has 0 radical (unpaired) electrons. The molecule has 0 aliphatic rings. The molecule has 2 N–H and O–H groups in total. The van der Waals surface area contributed by atoms with Crippen molar-refractivity contribution in [2.24, 2.45) is 0 Å². The lowest BCUT2D eigenvalue weighted by Crippen LogP contribution is -2.32. The third kappa shape index (κ3) is 4.71. The number of nitrogens with zero attached hydrogens (tertiary/aromatic N) is 1. The molecule has 0 fully saturated rings. The van der Waals surface area contributed by atoms with Gasteiger partial charge in [0.2, 0.25) is 0 Å². The molecule has 4 heteroatoms. The summed E-state index contributed by atoms with van der Waals surface area (Å²) in [5.74, 6) is -0.234. The molecule has 1 heterocycles. The zero-order valence-electron chi connectivity index (χ0n) is 17.3. The molecule has 4 rings (SSSR count). The number of amides is 1. The lowest BCUT2D eigenvalue weighted by Gasteiger charge is -2.25. The monoisotopic (exact) mass is 408 g/mol. The van der Waals surface area contributed by atoms with Crippen molar-refractivity contribution in [3.05, 3.63) is 126 Å². The van der Waals surface area contributed by atoms with Gasteiger partial charge in [0.1, 0.15) is 6.10 Å². The molecule has 2 atom stereocenters. The minimum atomic E-state index is -0.869. The third-order valence-corrected chi connectivity index (χ3v) is 5.38. The number of pyridine rings is 1. The Morgan fingerprint density at radius 2 is 1.45 bits per heavy atom. The first-order valence-corrected chi connectivity index (χ1v) is 10.2. The van der Waals surface area contributed by atoms with E-state index in [-0.39, 0.29) is 5.91 Å². The van der Waals surface area contributed by atoms with Gasteiger partial charge in [-0.1, -0.05) is 72.8 Å². The number of rotatable bonds is 6. The Hall–Kier alpha value is -3.76. The number of hydrogen-bond donors (Lipinski definition) is 2. The van der Waals surface area contributed by atoms with Crippen LogP contribution in [0.2, 0.25) is 0 Å². The molecule has 0 saturated carbocycles. The van der Waals surface area contributed by atoms with E-state index in [0.717, 1.165) is 27.8 Å². The quantitative estimate of drug-likeness (QED) is 0.457. The minimum absolute atomic E-state index is 0.234. The first-order chi connectivity index (χ1) is 15.1. The van der Waals surface area contributed by atoms with Gasteiger partial charge in [0.25, 0.3) is 5.91 Å². The highest BCUT2D eigenvalue weighted by molar-refractivity contribution is 5.95. The lowest BCUT2D eigenvalue weighted by atomic mass is 9.95. The zero-order valence-corrected chi connectivity index (χ0v) is 17.3. The van der Waals surface area contributed by atoms with E-state index in [1.165, 1.54) is 0 Å².